The minimum absolute atomic E-state index is 0.211. The number of nitrogens with zero attached hydrogens (tertiary/aromatic N) is 2. The van der Waals surface area contributed by atoms with Crippen molar-refractivity contribution in [3.63, 3.8) is 0 Å². The Morgan fingerprint density at radius 1 is 1.03 bits per heavy atom. The average molecular weight is 446 g/mol. The van der Waals surface area contributed by atoms with Crippen LogP contribution in [0.15, 0.2) is 60.9 Å². The maximum atomic E-state index is 12.7. The number of nitrogen functional groups attached to an aromatic ring is 1. The Balaban J connectivity index is 1.29. The van der Waals surface area contributed by atoms with Gasteiger partial charge in [-0.2, -0.15) is 0 Å². The number of thiazole rings is 1. The van der Waals surface area contributed by atoms with Gasteiger partial charge in [-0.25, -0.2) is 9.97 Å². The first-order chi connectivity index (χ1) is 15.6. The van der Waals surface area contributed by atoms with Crippen molar-refractivity contribution in [1.82, 2.24) is 15.3 Å². The molecule has 3 heterocycles. The topological polar surface area (TPSA) is 102 Å². The molecule has 0 radical (unpaired) electrons. The van der Waals surface area contributed by atoms with Gasteiger partial charge in [-0.05, 0) is 73.3 Å². The predicted molar refractivity (Wildman–Crippen MR) is 128 cm³/mol. The van der Waals surface area contributed by atoms with Crippen molar-refractivity contribution in [3.8, 4) is 16.2 Å². The number of rotatable bonds is 5. The molecule has 0 spiro atoms. The van der Waals surface area contributed by atoms with Gasteiger partial charge in [-0.1, -0.05) is 23.5 Å². The van der Waals surface area contributed by atoms with E-state index in [4.69, 9.17) is 10.5 Å². The molecule has 8 heteroatoms. The number of nitrogens with two attached hydrogens (primary N) is 1. The molecule has 1 aliphatic rings. The van der Waals surface area contributed by atoms with Crippen molar-refractivity contribution in [2.45, 2.75) is 18.9 Å². The summed E-state index contributed by atoms with van der Waals surface area (Å²) in [4.78, 5) is 22.2. The van der Waals surface area contributed by atoms with Crippen LogP contribution in [0.25, 0.3) is 21.2 Å². The standard InChI is InChI=1S/C24H23N5O2S/c25-24-28-14-21(32-24)16-1-2-17-13-27-22(12-18(17)11-16)29-23(30)15-3-5-19(6-4-15)31-20-7-9-26-10-8-20/h1-6,11-14,20,26H,7-10H2,(H2,25,28)(H,27,29,30). The average Bonchev–Trinajstić information content (AvgIpc) is 3.26. The van der Waals surface area contributed by atoms with E-state index in [1.54, 1.807) is 24.5 Å². The lowest BCUT2D eigenvalue weighted by Gasteiger charge is -2.23. The molecule has 4 aromatic rings. The summed E-state index contributed by atoms with van der Waals surface area (Å²) in [6.45, 7) is 1.95. The second kappa shape index (κ2) is 8.94. The molecule has 1 aliphatic heterocycles. The van der Waals surface area contributed by atoms with Crippen LogP contribution < -0.4 is 21.1 Å². The van der Waals surface area contributed by atoms with Crippen LogP contribution >= 0.6 is 11.3 Å². The third-order valence-electron chi connectivity index (χ3n) is 5.48. The second-order valence-electron chi connectivity index (χ2n) is 7.74. The normalized spacial score (nSPS) is 14.4. The second-order valence-corrected chi connectivity index (χ2v) is 8.80. The Kier molecular flexibility index (Phi) is 5.70. The molecule has 1 saturated heterocycles. The van der Waals surface area contributed by atoms with Crippen LogP contribution in [0.5, 0.6) is 5.75 Å². The highest BCUT2D eigenvalue weighted by Crippen LogP contribution is 2.30. The molecule has 4 N–H and O–H groups in total. The number of fused-ring (bicyclic) bond motifs is 1. The molecule has 0 saturated carbocycles. The van der Waals surface area contributed by atoms with Crippen LogP contribution in [0.2, 0.25) is 0 Å². The van der Waals surface area contributed by atoms with Crippen LogP contribution in [-0.4, -0.2) is 35.1 Å². The van der Waals surface area contributed by atoms with E-state index < -0.39 is 0 Å². The number of carbonyl (C=O) groups excluding carboxylic acids is 1. The summed E-state index contributed by atoms with van der Waals surface area (Å²) >= 11 is 1.44. The van der Waals surface area contributed by atoms with Crippen molar-refractivity contribution >= 4 is 39.0 Å². The van der Waals surface area contributed by atoms with Crippen molar-refractivity contribution in [2.24, 2.45) is 0 Å². The van der Waals surface area contributed by atoms with Crippen LogP contribution in [-0.2, 0) is 0 Å². The van der Waals surface area contributed by atoms with Gasteiger partial charge in [0.25, 0.3) is 5.91 Å². The SMILES string of the molecule is Nc1ncc(-c2ccc3cnc(NC(=O)c4ccc(OC5CCNCC5)cc4)cc3c2)s1. The fourth-order valence-electron chi connectivity index (χ4n) is 3.76. The van der Waals surface area contributed by atoms with Crippen molar-refractivity contribution in [3.05, 3.63) is 66.5 Å². The molecule has 1 amide bonds. The maximum absolute atomic E-state index is 12.7. The smallest absolute Gasteiger partial charge is 0.256 e. The molecule has 2 aromatic carbocycles. The van der Waals surface area contributed by atoms with E-state index in [-0.39, 0.29) is 12.0 Å². The molecule has 0 bridgehead atoms. The first kappa shape index (κ1) is 20.4. The lowest BCUT2D eigenvalue weighted by atomic mass is 10.1. The zero-order chi connectivity index (χ0) is 21.9. The van der Waals surface area contributed by atoms with Gasteiger partial charge in [-0.3, -0.25) is 4.79 Å². The monoisotopic (exact) mass is 445 g/mol. The van der Waals surface area contributed by atoms with Crippen LogP contribution in [0, 0.1) is 0 Å². The Labute approximate surface area is 189 Å². The van der Waals surface area contributed by atoms with Gasteiger partial charge in [0.15, 0.2) is 5.13 Å². The van der Waals surface area contributed by atoms with Crippen molar-refractivity contribution in [1.29, 1.82) is 0 Å². The Morgan fingerprint density at radius 2 is 1.84 bits per heavy atom. The third kappa shape index (κ3) is 4.56. The maximum Gasteiger partial charge on any atom is 0.256 e. The molecule has 0 aliphatic carbocycles. The van der Waals surface area contributed by atoms with Crippen LogP contribution in [0.3, 0.4) is 0 Å². The largest absolute Gasteiger partial charge is 0.490 e. The van der Waals surface area contributed by atoms with Crippen molar-refractivity contribution in [2.75, 3.05) is 24.1 Å². The first-order valence-corrected chi connectivity index (χ1v) is 11.4. The Bertz CT molecular complexity index is 1250. The number of benzene rings is 2. The van der Waals surface area contributed by atoms with Gasteiger partial charge in [0.1, 0.15) is 17.7 Å². The molecular weight excluding hydrogens is 422 g/mol. The highest BCUT2D eigenvalue weighted by molar-refractivity contribution is 7.18. The van der Waals surface area contributed by atoms with E-state index in [1.165, 1.54) is 11.3 Å². The number of aromatic nitrogens is 2. The summed E-state index contributed by atoms with van der Waals surface area (Å²) in [6.07, 6.45) is 5.74. The minimum Gasteiger partial charge on any atom is -0.490 e. The van der Waals surface area contributed by atoms with Gasteiger partial charge >= 0.3 is 0 Å². The summed E-state index contributed by atoms with van der Waals surface area (Å²) in [5.74, 6) is 1.07. The summed E-state index contributed by atoms with van der Waals surface area (Å²) in [5, 5.41) is 8.71. The number of hydrogen-bond donors (Lipinski definition) is 3. The molecule has 5 rings (SSSR count). The third-order valence-corrected chi connectivity index (χ3v) is 6.35. The number of piperidine rings is 1. The first-order valence-electron chi connectivity index (χ1n) is 10.5. The molecule has 7 nitrogen and oxygen atoms in total. The van der Waals surface area contributed by atoms with E-state index >= 15 is 0 Å². The number of pyridine rings is 1. The number of hydrogen-bond acceptors (Lipinski definition) is 7. The van der Waals surface area contributed by atoms with Gasteiger partial charge in [0.05, 0.1) is 4.88 Å². The van der Waals surface area contributed by atoms with Crippen LogP contribution in [0.1, 0.15) is 23.2 Å². The molecule has 0 atom stereocenters. The number of nitrogens with one attached hydrogen (secondary N) is 2. The van der Waals surface area contributed by atoms with Gasteiger partial charge in [0, 0.05) is 23.3 Å². The zero-order valence-electron chi connectivity index (χ0n) is 17.4. The lowest BCUT2D eigenvalue weighted by molar-refractivity contribution is 0.102. The van der Waals surface area contributed by atoms with Crippen LogP contribution in [0.4, 0.5) is 10.9 Å². The summed E-state index contributed by atoms with van der Waals surface area (Å²) in [5.41, 5.74) is 7.34. The van der Waals surface area contributed by atoms with E-state index in [0.29, 0.717) is 16.5 Å². The Morgan fingerprint density at radius 3 is 2.59 bits per heavy atom. The van der Waals surface area contributed by atoms with Gasteiger partial charge in [-0.15, -0.1) is 0 Å². The van der Waals surface area contributed by atoms with Gasteiger partial charge in [0.2, 0.25) is 0 Å². The van der Waals surface area contributed by atoms with E-state index in [1.807, 2.05) is 36.4 Å². The van der Waals surface area contributed by atoms with E-state index in [2.05, 4.69) is 20.6 Å². The minimum atomic E-state index is -0.211. The van der Waals surface area contributed by atoms with E-state index in [0.717, 1.165) is 52.9 Å². The number of ether oxygens (including phenoxy) is 1. The summed E-state index contributed by atoms with van der Waals surface area (Å²) in [7, 11) is 0. The molecule has 162 valence electrons. The van der Waals surface area contributed by atoms with Gasteiger partial charge < -0.3 is 21.1 Å². The molecule has 1 fully saturated rings. The Hall–Kier alpha value is -3.49. The molecule has 0 unspecified atom stereocenters. The zero-order valence-corrected chi connectivity index (χ0v) is 18.2. The number of anilines is 2. The molecular formula is C24H23N5O2S. The predicted octanol–water partition coefficient (Wildman–Crippen LogP) is 4.32. The number of carbonyl (C=O) groups is 1. The highest BCUT2D eigenvalue weighted by Gasteiger charge is 2.15. The number of amides is 1. The summed E-state index contributed by atoms with van der Waals surface area (Å²) < 4.78 is 6.01. The fourth-order valence-corrected chi connectivity index (χ4v) is 4.44. The lowest BCUT2D eigenvalue weighted by Crippen LogP contribution is -2.34. The highest BCUT2D eigenvalue weighted by atomic mass is 32.1. The molecule has 2 aromatic heterocycles. The fraction of sp³-hybridized carbons (Fsp3) is 0.208. The quantitative estimate of drug-likeness (QED) is 0.423. The molecule has 32 heavy (non-hydrogen) atoms. The summed E-state index contributed by atoms with van der Waals surface area (Å²) in [6, 6.07) is 15.2. The van der Waals surface area contributed by atoms with E-state index in [9.17, 15) is 4.79 Å². The van der Waals surface area contributed by atoms with Crippen molar-refractivity contribution < 1.29 is 9.53 Å².